The van der Waals surface area contributed by atoms with Gasteiger partial charge in [0.15, 0.2) is 0 Å². The minimum atomic E-state index is -0.201. The normalized spacial score (nSPS) is 9.88. The molecule has 1 aromatic rings. The van der Waals surface area contributed by atoms with Crippen LogP contribution in [0, 0.1) is 13.8 Å². The quantitative estimate of drug-likeness (QED) is 0.844. The van der Waals surface area contributed by atoms with Crippen LogP contribution >= 0.6 is 0 Å². The lowest BCUT2D eigenvalue weighted by atomic mass is 10.1. The SMILES string of the molecule is CCCNC(=O)Nc1cc(C)c(C)cc1OC. The molecule has 0 aliphatic heterocycles. The molecule has 0 aromatic heterocycles. The molecule has 0 radical (unpaired) electrons. The summed E-state index contributed by atoms with van der Waals surface area (Å²) in [4.78, 5) is 11.6. The fraction of sp³-hybridized carbons (Fsp3) is 0.462. The molecule has 0 fully saturated rings. The fourth-order valence-electron chi connectivity index (χ4n) is 1.46. The highest BCUT2D eigenvalue weighted by Crippen LogP contribution is 2.27. The summed E-state index contributed by atoms with van der Waals surface area (Å²) in [5, 5.41) is 5.55. The number of rotatable bonds is 4. The van der Waals surface area contributed by atoms with Gasteiger partial charge in [0.1, 0.15) is 5.75 Å². The number of ether oxygens (including phenoxy) is 1. The maximum absolute atomic E-state index is 11.6. The Labute approximate surface area is 102 Å². The zero-order valence-corrected chi connectivity index (χ0v) is 10.9. The van der Waals surface area contributed by atoms with Crippen molar-refractivity contribution < 1.29 is 9.53 Å². The van der Waals surface area contributed by atoms with Crippen molar-refractivity contribution in [2.45, 2.75) is 27.2 Å². The van der Waals surface area contributed by atoms with Gasteiger partial charge in [-0.15, -0.1) is 0 Å². The van der Waals surface area contributed by atoms with Crippen LogP contribution < -0.4 is 15.4 Å². The number of hydrogen-bond acceptors (Lipinski definition) is 2. The van der Waals surface area contributed by atoms with Crippen LogP contribution in [0.4, 0.5) is 10.5 Å². The number of anilines is 1. The summed E-state index contributed by atoms with van der Waals surface area (Å²) in [5.41, 5.74) is 2.96. The van der Waals surface area contributed by atoms with E-state index in [0.29, 0.717) is 18.0 Å². The maximum Gasteiger partial charge on any atom is 0.319 e. The van der Waals surface area contributed by atoms with Crippen molar-refractivity contribution >= 4 is 11.7 Å². The number of hydrogen-bond donors (Lipinski definition) is 2. The minimum absolute atomic E-state index is 0.201. The molecule has 0 aliphatic carbocycles. The number of amides is 2. The Kier molecular flexibility index (Phi) is 4.82. The number of carbonyl (C=O) groups is 1. The first-order valence-corrected chi connectivity index (χ1v) is 5.78. The van der Waals surface area contributed by atoms with Crippen molar-refractivity contribution in [1.82, 2.24) is 5.32 Å². The number of carbonyl (C=O) groups excluding carboxylic acids is 1. The van der Waals surface area contributed by atoms with Crippen LogP contribution in [0.1, 0.15) is 24.5 Å². The van der Waals surface area contributed by atoms with E-state index in [9.17, 15) is 4.79 Å². The number of urea groups is 1. The Bertz CT molecular complexity index is 403. The lowest BCUT2D eigenvalue weighted by Gasteiger charge is -2.13. The van der Waals surface area contributed by atoms with E-state index in [1.54, 1.807) is 7.11 Å². The average molecular weight is 236 g/mol. The summed E-state index contributed by atoms with van der Waals surface area (Å²) in [6.07, 6.45) is 0.914. The number of aryl methyl sites for hydroxylation is 2. The molecule has 0 bridgehead atoms. The lowest BCUT2D eigenvalue weighted by molar-refractivity contribution is 0.252. The van der Waals surface area contributed by atoms with Gasteiger partial charge in [0.25, 0.3) is 0 Å². The van der Waals surface area contributed by atoms with Gasteiger partial charge in [0.2, 0.25) is 0 Å². The first-order chi connectivity index (χ1) is 8.08. The van der Waals surface area contributed by atoms with E-state index in [1.807, 2.05) is 32.9 Å². The zero-order valence-electron chi connectivity index (χ0n) is 10.9. The van der Waals surface area contributed by atoms with E-state index in [4.69, 9.17) is 4.74 Å². The van der Waals surface area contributed by atoms with E-state index in [0.717, 1.165) is 17.5 Å². The highest BCUT2D eigenvalue weighted by Gasteiger charge is 2.08. The number of nitrogens with one attached hydrogen (secondary N) is 2. The van der Waals surface area contributed by atoms with Crippen LogP contribution in [-0.4, -0.2) is 19.7 Å². The van der Waals surface area contributed by atoms with Crippen LogP contribution in [0.15, 0.2) is 12.1 Å². The molecule has 0 atom stereocenters. The molecule has 17 heavy (non-hydrogen) atoms. The van der Waals surface area contributed by atoms with Crippen molar-refractivity contribution in [3.63, 3.8) is 0 Å². The van der Waals surface area contributed by atoms with Crippen molar-refractivity contribution in [2.75, 3.05) is 19.0 Å². The van der Waals surface area contributed by atoms with Crippen LogP contribution in [0.3, 0.4) is 0 Å². The second kappa shape index (κ2) is 6.13. The highest BCUT2D eigenvalue weighted by molar-refractivity contribution is 5.91. The molecule has 4 heteroatoms. The third-order valence-corrected chi connectivity index (χ3v) is 2.60. The second-order valence-electron chi connectivity index (χ2n) is 4.02. The van der Waals surface area contributed by atoms with Crippen LogP contribution in [-0.2, 0) is 0 Å². The second-order valence-corrected chi connectivity index (χ2v) is 4.02. The summed E-state index contributed by atoms with van der Waals surface area (Å²) < 4.78 is 5.24. The largest absolute Gasteiger partial charge is 0.495 e. The molecule has 0 saturated heterocycles. The summed E-state index contributed by atoms with van der Waals surface area (Å²) in [6.45, 7) is 6.69. The van der Waals surface area contributed by atoms with Gasteiger partial charge < -0.3 is 15.4 Å². The Morgan fingerprint density at radius 1 is 1.29 bits per heavy atom. The van der Waals surface area contributed by atoms with Crippen LogP contribution in [0.5, 0.6) is 5.75 Å². The monoisotopic (exact) mass is 236 g/mol. The Morgan fingerprint density at radius 2 is 1.94 bits per heavy atom. The molecule has 2 N–H and O–H groups in total. The topological polar surface area (TPSA) is 50.4 Å². The van der Waals surface area contributed by atoms with Gasteiger partial charge in [-0.05, 0) is 43.5 Å². The van der Waals surface area contributed by atoms with Gasteiger partial charge in [0.05, 0.1) is 12.8 Å². The Morgan fingerprint density at radius 3 is 2.53 bits per heavy atom. The average Bonchev–Trinajstić information content (AvgIpc) is 2.31. The van der Waals surface area contributed by atoms with E-state index in [2.05, 4.69) is 10.6 Å². The van der Waals surface area contributed by atoms with Gasteiger partial charge in [-0.2, -0.15) is 0 Å². The van der Waals surface area contributed by atoms with E-state index in [-0.39, 0.29) is 6.03 Å². The van der Waals surface area contributed by atoms with E-state index in [1.165, 1.54) is 0 Å². The van der Waals surface area contributed by atoms with Gasteiger partial charge in [-0.25, -0.2) is 4.79 Å². The van der Waals surface area contributed by atoms with Crippen molar-refractivity contribution in [2.24, 2.45) is 0 Å². The van der Waals surface area contributed by atoms with Gasteiger partial charge in [0, 0.05) is 6.54 Å². The molecule has 1 rings (SSSR count). The number of benzene rings is 1. The lowest BCUT2D eigenvalue weighted by Crippen LogP contribution is -2.29. The third kappa shape index (κ3) is 3.66. The molecule has 0 aliphatic rings. The highest BCUT2D eigenvalue weighted by atomic mass is 16.5. The van der Waals surface area contributed by atoms with E-state index < -0.39 is 0 Å². The van der Waals surface area contributed by atoms with Crippen molar-refractivity contribution in [3.8, 4) is 5.75 Å². The van der Waals surface area contributed by atoms with Crippen LogP contribution in [0.25, 0.3) is 0 Å². The Balaban J connectivity index is 2.82. The van der Waals surface area contributed by atoms with Gasteiger partial charge >= 0.3 is 6.03 Å². The van der Waals surface area contributed by atoms with Crippen LogP contribution in [0.2, 0.25) is 0 Å². The summed E-state index contributed by atoms with van der Waals surface area (Å²) in [5.74, 6) is 0.680. The molecule has 4 nitrogen and oxygen atoms in total. The molecular formula is C13H20N2O2. The number of methoxy groups -OCH3 is 1. The first-order valence-electron chi connectivity index (χ1n) is 5.78. The maximum atomic E-state index is 11.6. The standard InChI is InChI=1S/C13H20N2O2/c1-5-6-14-13(16)15-11-7-9(2)10(3)8-12(11)17-4/h7-8H,5-6H2,1-4H3,(H2,14,15,16). The molecule has 0 saturated carbocycles. The van der Waals surface area contributed by atoms with Crippen molar-refractivity contribution in [1.29, 1.82) is 0 Å². The minimum Gasteiger partial charge on any atom is -0.495 e. The van der Waals surface area contributed by atoms with E-state index >= 15 is 0 Å². The summed E-state index contributed by atoms with van der Waals surface area (Å²) >= 11 is 0. The predicted octanol–water partition coefficient (Wildman–Crippen LogP) is 2.84. The zero-order chi connectivity index (χ0) is 12.8. The van der Waals surface area contributed by atoms with Gasteiger partial charge in [-0.1, -0.05) is 6.92 Å². The van der Waals surface area contributed by atoms with Gasteiger partial charge in [-0.3, -0.25) is 0 Å². The molecule has 2 amide bonds. The molecule has 94 valence electrons. The van der Waals surface area contributed by atoms with Crippen molar-refractivity contribution in [3.05, 3.63) is 23.3 Å². The molecule has 0 heterocycles. The smallest absolute Gasteiger partial charge is 0.319 e. The molecular weight excluding hydrogens is 216 g/mol. The first kappa shape index (κ1) is 13.4. The fourth-order valence-corrected chi connectivity index (χ4v) is 1.46. The summed E-state index contributed by atoms with van der Waals surface area (Å²) in [7, 11) is 1.60. The Hall–Kier alpha value is -1.71. The molecule has 1 aromatic carbocycles. The molecule has 0 spiro atoms. The summed E-state index contributed by atoms with van der Waals surface area (Å²) in [6, 6.07) is 3.64. The predicted molar refractivity (Wildman–Crippen MR) is 69.8 cm³/mol. The molecule has 0 unspecified atom stereocenters. The third-order valence-electron chi connectivity index (χ3n) is 2.60.